The van der Waals surface area contributed by atoms with Crippen molar-refractivity contribution in [1.29, 1.82) is 0 Å². The highest BCUT2D eigenvalue weighted by Crippen LogP contribution is 2.13. The predicted octanol–water partition coefficient (Wildman–Crippen LogP) is -0.156. The second-order valence-electron chi connectivity index (χ2n) is 5.64. The summed E-state index contributed by atoms with van der Waals surface area (Å²) in [6.07, 6.45) is 2.16. The molecule has 0 aromatic heterocycles. The van der Waals surface area contributed by atoms with Crippen LogP contribution in [0.1, 0.15) is 32.1 Å². The molecule has 0 radical (unpaired) electrons. The number of amides is 1. The number of ether oxygens (including phenoxy) is 1. The molecule has 1 amide bonds. The van der Waals surface area contributed by atoms with Crippen molar-refractivity contribution in [3.05, 3.63) is 0 Å². The summed E-state index contributed by atoms with van der Waals surface area (Å²) < 4.78 is 5.27. The lowest BCUT2D eigenvalue weighted by molar-refractivity contribution is -0.139. The quantitative estimate of drug-likeness (QED) is 0.427. The van der Waals surface area contributed by atoms with Crippen molar-refractivity contribution in [2.24, 2.45) is 5.73 Å². The van der Waals surface area contributed by atoms with Crippen LogP contribution in [0.4, 0.5) is 4.79 Å². The van der Waals surface area contributed by atoms with Gasteiger partial charge in [0.1, 0.15) is 12.1 Å². The van der Waals surface area contributed by atoms with Crippen LogP contribution in [-0.4, -0.2) is 71.5 Å². The fraction of sp³-hybridized carbons (Fsp3) is 0.786. The summed E-state index contributed by atoms with van der Waals surface area (Å²) in [6.45, 7) is 1.61. The molecule has 0 aliphatic carbocycles. The Labute approximate surface area is 134 Å². The van der Waals surface area contributed by atoms with Crippen LogP contribution < -0.4 is 11.1 Å². The second-order valence-corrected chi connectivity index (χ2v) is 5.64. The fourth-order valence-electron chi connectivity index (χ4n) is 2.37. The first kappa shape index (κ1) is 19.2. The van der Waals surface area contributed by atoms with Gasteiger partial charge in [0.15, 0.2) is 0 Å². The van der Waals surface area contributed by atoms with Crippen molar-refractivity contribution >= 4 is 18.0 Å². The van der Waals surface area contributed by atoms with Gasteiger partial charge in [0.05, 0.1) is 6.54 Å². The van der Waals surface area contributed by atoms with Crippen LogP contribution in [0.15, 0.2) is 0 Å². The molecular formula is C14H25N3O6. The van der Waals surface area contributed by atoms with Crippen molar-refractivity contribution in [3.63, 3.8) is 0 Å². The monoisotopic (exact) mass is 331 g/mol. The van der Waals surface area contributed by atoms with Crippen molar-refractivity contribution in [1.82, 2.24) is 10.2 Å². The summed E-state index contributed by atoms with van der Waals surface area (Å²) >= 11 is 0. The van der Waals surface area contributed by atoms with Gasteiger partial charge >= 0.3 is 18.0 Å². The van der Waals surface area contributed by atoms with Gasteiger partial charge in [-0.25, -0.2) is 4.79 Å². The lowest BCUT2D eigenvalue weighted by atomic mass is 10.1. The van der Waals surface area contributed by atoms with E-state index < -0.39 is 24.1 Å². The molecular weight excluding hydrogens is 306 g/mol. The van der Waals surface area contributed by atoms with Gasteiger partial charge in [0.2, 0.25) is 0 Å². The molecule has 1 aliphatic heterocycles. The zero-order valence-electron chi connectivity index (χ0n) is 13.1. The Hall–Kier alpha value is -1.87. The van der Waals surface area contributed by atoms with E-state index in [1.165, 1.54) is 0 Å². The molecule has 5 N–H and O–H groups in total. The molecule has 0 unspecified atom stereocenters. The summed E-state index contributed by atoms with van der Waals surface area (Å²) in [7, 11) is 0. The highest BCUT2D eigenvalue weighted by atomic mass is 16.6. The minimum atomic E-state index is -1.02. The van der Waals surface area contributed by atoms with E-state index in [0.717, 1.165) is 0 Å². The third-order valence-corrected chi connectivity index (χ3v) is 3.70. The van der Waals surface area contributed by atoms with Gasteiger partial charge in [0.25, 0.3) is 0 Å². The third kappa shape index (κ3) is 8.36. The maximum atomic E-state index is 11.6. The number of hydrogen-bond donors (Lipinski definition) is 4. The van der Waals surface area contributed by atoms with Crippen molar-refractivity contribution < 1.29 is 29.3 Å². The number of aliphatic carboxylic acids is 2. The van der Waals surface area contributed by atoms with E-state index in [9.17, 15) is 14.4 Å². The Bertz CT molecular complexity index is 409. The van der Waals surface area contributed by atoms with Crippen LogP contribution in [-0.2, 0) is 14.3 Å². The summed E-state index contributed by atoms with van der Waals surface area (Å²) in [5, 5.41) is 19.9. The van der Waals surface area contributed by atoms with Crippen LogP contribution in [0, 0.1) is 0 Å². The fourth-order valence-corrected chi connectivity index (χ4v) is 2.37. The Morgan fingerprint density at radius 1 is 1.22 bits per heavy atom. The number of carboxylic acid groups (broad SMARTS) is 2. The minimum absolute atomic E-state index is 0.0113. The Morgan fingerprint density at radius 3 is 2.43 bits per heavy atom. The van der Waals surface area contributed by atoms with Crippen molar-refractivity contribution in [2.45, 2.75) is 44.2 Å². The van der Waals surface area contributed by atoms with Gasteiger partial charge in [-0.15, -0.1) is 0 Å². The Balaban J connectivity index is 2.06. The van der Waals surface area contributed by atoms with E-state index in [1.807, 2.05) is 4.90 Å². The number of hydrogen-bond acceptors (Lipinski definition) is 6. The first-order chi connectivity index (χ1) is 10.9. The molecule has 23 heavy (non-hydrogen) atoms. The van der Waals surface area contributed by atoms with E-state index >= 15 is 0 Å². The molecule has 1 rings (SSSR count). The number of unbranched alkanes of at least 4 members (excludes halogenated alkanes) is 1. The maximum Gasteiger partial charge on any atom is 0.407 e. The molecule has 1 saturated heterocycles. The zero-order chi connectivity index (χ0) is 17.2. The number of nitrogens with one attached hydrogen (secondary N) is 1. The molecule has 0 aromatic carbocycles. The normalized spacial score (nSPS) is 17.4. The number of alkyl carbamates (subject to hydrolysis) is 1. The van der Waals surface area contributed by atoms with Crippen molar-refractivity contribution in [2.75, 3.05) is 26.2 Å². The number of carboxylic acids is 2. The van der Waals surface area contributed by atoms with Gasteiger partial charge in [-0.3, -0.25) is 14.5 Å². The number of piperidine rings is 1. The smallest absolute Gasteiger partial charge is 0.407 e. The number of rotatable bonds is 9. The minimum Gasteiger partial charge on any atom is -0.480 e. The highest BCUT2D eigenvalue weighted by molar-refractivity contribution is 5.73. The third-order valence-electron chi connectivity index (χ3n) is 3.70. The van der Waals surface area contributed by atoms with Gasteiger partial charge in [0, 0.05) is 19.6 Å². The number of likely N-dealkylation sites (tertiary alicyclic amines) is 1. The summed E-state index contributed by atoms with van der Waals surface area (Å²) in [4.78, 5) is 34.6. The molecule has 0 saturated carbocycles. The van der Waals surface area contributed by atoms with Crippen LogP contribution in [0.3, 0.4) is 0 Å². The van der Waals surface area contributed by atoms with Crippen LogP contribution in [0.2, 0.25) is 0 Å². The summed E-state index contributed by atoms with van der Waals surface area (Å²) in [5.74, 6) is -1.88. The molecule has 9 heteroatoms. The first-order valence-electron chi connectivity index (χ1n) is 7.75. The molecule has 1 heterocycles. The molecule has 132 valence electrons. The predicted molar refractivity (Wildman–Crippen MR) is 81.0 cm³/mol. The van der Waals surface area contributed by atoms with Crippen LogP contribution in [0.5, 0.6) is 0 Å². The van der Waals surface area contributed by atoms with Crippen molar-refractivity contribution in [3.8, 4) is 0 Å². The molecule has 1 atom stereocenters. The maximum absolute atomic E-state index is 11.6. The summed E-state index contributed by atoms with van der Waals surface area (Å²) in [5.41, 5.74) is 5.37. The molecule has 1 aliphatic rings. The molecule has 9 nitrogen and oxygen atoms in total. The zero-order valence-corrected chi connectivity index (χ0v) is 13.1. The van der Waals surface area contributed by atoms with Gasteiger partial charge < -0.3 is 26.0 Å². The Morgan fingerprint density at radius 2 is 1.87 bits per heavy atom. The van der Waals surface area contributed by atoms with Crippen LogP contribution >= 0.6 is 0 Å². The van der Waals surface area contributed by atoms with Gasteiger partial charge in [-0.05, 0) is 32.1 Å². The van der Waals surface area contributed by atoms with E-state index in [1.54, 1.807) is 0 Å². The lowest BCUT2D eigenvalue weighted by Gasteiger charge is -2.30. The Kier molecular flexibility index (Phi) is 8.35. The first-order valence-corrected chi connectivity index (χ1v) is 7.75. The van der Waals surface area contributed by atoms with E-state index in [0.29, 0.717) is 51.7 Å². The molecule has 0 aromatic rings. The highest BCUT2D eigenvalue weighted by Gasteiger charge is 2.23. The number of carbonyl (C=O) groups excluding carboxylic acids is 1. The van der Waals surface area contributed by atoms with Crippen LogP contribution in [0.25, 0.3) is 0 Å². The second kappa shape index (κ2) is 10.0. The molecule has 0 spiro atoms. The molecule has 0 bridgehead atoms. The van der Waals surface area contributed by atoms with E-state index in [-0.39, 0.29) is 12.6 Å². The largest absolute Gasteiger partial charge is 0.480 e. The lowest BCUT2D eigenvalue weighted by Crippen LogP contribution is -2.41. The van der Waals surface area contributed by atoms with Gasteiger partial charge in [-0.2, -0.15) is 0 Å². The number of nitrogens with zero attached hydrogens (tertiary/aromatic N) is 1. The standard InChI is InChI=1S/C14H25N3O6/c15-11(13(20)21)3-1-2-6-16-14(22)23-10-4-7-17(8-5-10)9-12(18)19/h10-11H,1-9,15H2,(H,16,22)(H,18,19)(H,20,21)/t11-/m1/s1. The number of nitrogens with two attached hydrogens (primary N) is 1. The summed E-state index contributed by atoms with van der Waals surface area (Å²) in [6, 6.07) is -0.863. The van der Waals surface area contributed by atoms with E-state index in [2.05, 4.69) is 5.32 Å². The van der Waals surface area contributed by atoms with Gasteiger partial charge in [-0.1, -0.05) is 0 Å². The van der Waals surface area contributed by atoms with E-state index in [4.69, 9.17) is 20.7 Å². The molecule has 1 fully saturated rings. The topological polar surface area (TPSA) is 142 Å². The average Bonchev–Trinajstić information content (AvgIpc) is 2.48. The average molecular weight is 331 g/mol. The SMILES string of the molecule is N[C@H](CCCCNC(=O)OC1CCN(CC(=O)O)CC1)C(=O)O. The number of carbonyl (C=O) groups is 3.